The second kappa shape index (κ2) is 7.12. The molecule has 1 fully saturated rings. The van der Waals surface area contributed by atoms with Crippen molar-refractivity contribution in [1.82, 2.24) is 9.88 Å². The third-order valence-electron chi connectivity index (χ3n) is 5.52. The molecule has 0 bridgehead atoms. The monoisotopic (exact) mass is 366 g/mol. The lowest BCUT2D eigenvalue weighted by Crippen LogP contribution is -2.50. The number of aromatic nitrogens is 1. The molecule has 6 heteroatoms. The number of aliphatic carboxylic acids is 1. The summed E-state index contributed by atoms with van der Waals surface area (Å²) >= 11 is 0. The van der Waals surface area contributed by atoms with E-state index < -0.39 is 11.6 Å². The predicted molar refractivity (Wildman–Crippen MR) is 98.3 cm³/mol. The highest BCUT2D eigenvalue weighted by Crippen LogP contribution is 2.44. The lowest BCUT2D eigenvalue weighted by molar-refractivity contribution is -0.157. The zero-order chi connectivity index (χ0) is 18.9. The van der Waals surface area contributed by atoms with Crippen LogP contribution >= 0.6 is 0 Å². The first-order chi connectivity index (χ1) is 13.1. The fourth-order valence-corrected chi connectivity index (χ4v) is 4.25. The van der Waals surface area contributed by atoms with Crippen LogP contribution in [0.1, 0.15) is 40.7 Å². The van der Waals surface area contributed by atoms with Crippen molar-refractivity contribution in [3.05, 3.63) is 65.5 Å². The van der Waals surface area contributed by atoms with Crippen molar-refractivity contribution in [3.63, 3.8) is 0 Å². The highest BCUT2D eigenvalue weighted by Gasteiger charge is 2.44. The standard InChI is InChI=1S/C21H22N2O4/c24-19(25)13-17-12-15-4-1-2-6-18(15)21(27-17)7-10-23(11-8-21)20(26)16-5-3-9-22-14-16/h1-6,9,14,17H,7-8,10-13H2,(H,24,25). The second-order valence-corrected chi connectivity index (χ2v) is 7.23. The fourth-order valence-electron chi connectivity index (χ4n) is 4.25. The number of carbonyl (C=O) groups excluding carboxylic acids is 1. The number of carboxylic acid groups (broad SMARTS) is 1. The number of hydrogen-bond donors (Lipinski definition) is 1. The number of carboxylic acids is 1. The summed E-state index contributed by atoms with van der Waals surface area (Å²) in [5.74, 6) is -0.872. The number of carbonyl (C=O) groups is 2. The summed E-state index contributed by atoms with van der Waals surface area (Å²) in [6, 6.07) is 11.6. The van der Waals surface area contributed by atoms with Crippen LogP contribution in [-0.2, 0) is 21.6 Å². The van der Waals surface area contributed by atoms with Crippen molar-refractivity contribution in [3.8, 4) is 0 Å². The van der Waals surface area contributed by atoms with Gasteiger partial charge in [0.15, 0.2) is 0 Å². The van der Waals surface area contributed by atoms with Gasteiger partial charge in [0.25, 0.3) is 5.91 Å². The quantitative estimate of drug-likeness (QED) is 0.903. The number of ether oxygens (including phenoxy) is 1. The van der Waals surface area contributed by atoms with Crippen molar-refractivity contribution < 1.29 is 19.4 Å². The van der Waals surface area contributed by atoms with E-state index in [1.54, 1.807) is 24.5 Å². The molecule has 2 aromatic rings. The number of pyridine rings is 1. The number of hydrogen-bond acceptors (Lipinski definition) is 4. The van der Waals surface area contributed by atoms with Gasteiger partial charge in [0.2, 0.25) is 0 Å². The van der Waals surface area contributed by atoms with Gasteiger partial charge < -0.3 is 14.7 Å². The molecule has 1 unspecified atom stereocenters. The third-order valence-corrected chi connectivity index (χ3v) is 5.52. The first kappa shape index (κ1) is 17.7. The zero-order valence-electron chi connectivity index (χ0n) is 15.0. The van der Waals surface area contributed by atoms with Gasteiger partial charge >= 0.3 is 5.97 Å². The average molecular weight is 366 g/mol. The van der Waals surface area contributed by atoms with Gasteiger partial charge in [-0.3, -0.25) is 14.6 Å². The predicted octanol–water partition coefficient (Wildman–Crippen LogP) is 2.63. The van der Waals surface area contributed by atoms with Gasteiger partial charge in [-0.15, -0.1) is 0 Å². The zero-order valence-corrected chi connectivity index (χ0v) is 15.0. The van der Waals surface area contributed by atoms with E-state index in [-0.39, 0.29) is 18.4 Å². The summed E-state index contributed by atoms with van der Waals surface area (Å²) in [5, 5.41) is 9.20. The van der Waals surface area contributed by atoms with Crippen molar-refractivity contribution in [1.29, 1.82) is 0 Å². The van der Waals surface area contributed by atoms with E-state index >= 15 is 0 Å². The Morgan fingerprint density at radius 3 is 2.67 bits per heavy atom. The Kier molecular flexibility index (Phi) is 4.66. The van der Waals surface area contributed by atoms with Gasteiger partial charge in [0.1, 0.15) is 0 Å². The smallest absolute Gasteiger partial charge is 0.305 e. The van der Waals surface area contributed by atoms with Crippen LogP contribution in [0.3, 0.4) is 0 Å². The molecule has 140 valence electrons. The lowest BCUT2D eigenvalue weighted by atomic mass is 9.78. The van der Waals surface area contributed by atoms with E-state index in [2.05, 4.69) is 17.1 Å². The summed E-state index contributed by atoms with van der Waals surface area (Å²) < 4.78 is 6.35. The highest BCUT2D eigenvalue weighted by molar-refractivity contribution is 5.93. The number of benzene rings is 1. The molecule has 1 aromatic heterocycles. The van der Waals surface area contributed by atoms with Gasteiger partial charge in [-0.1, -0.05) is 24.3 Å². The van der Waals surface area contributed by atoms with E-state index in [0.29, 0.717) is 37.9 Å². The number of rotatable bonds is 3. The van der Waals surface area contributed by atoms with E-state index in [1.807, 2.05) is 17.0 Å². The van der Waals surface area contributed by atoms with Crippen LogP contribution in [0, 0.1) is 0 Å². The molecule has 0 radical (unpaired) electrons. The van der Waals surface area contributed by atoms with Crippen molar-refractivity contribution in [2.45, 2.75) is 37.4 Å². The Labute approximate surface area is 157 Å². The molecule has 4 rings (SSSR count). The fraction of sp³-hybridized carbons (Fsp3) is 0.381. The maximum atomic E-state index is 12.7. The van der Waals surface area contributed by atoms with Crippen LogP contribution in [0.5, 0.6) is 0 Å². The number of fused-ring (bicyclic) bond motifs is 2. The molecule has 3 heterocycles. The van der Waals surface area contributed by atoms with Crippen LogP contribution in [-0.4, -0.2) is 46.1 Å². The van der Waals surface area contributed by atoms with Crippen LogP contribution < -0.4 is 0 Å². The van der Waals surface area contributed by atoms with Gasteiger partial charge in [-0.25, -0.2) is 0 Å². The van der Waals surface area contributed by atoms with Crippen molar-refractivity contribution in [2.75, 3.05) is 13.1 Å². The Morgan fingerprint density at radius 1 is 1.19 bits per heavy atom. The molecule has 1 aromatic carbocycles. The summed E-state index contributed by atoms with van der Waals surface area (Å²) in [6.45, 7) is 1.14. The van der Waals surface area contributed by atoms with Crippen molar-refractivity contribution in [2.24, 2.45) is 0 Å². The normalized spacial score (nSPS) is 20.9. The number of amides is 1. The van der Waals surface area contributed by atoms with Gasteiger partial charge in [0.05, 0.1) is 23.7 Å². The number of nitrogens with zero attached hydrogens (tertiary/aromatic N) is 2. The number of piperidine rings is 1. The topological polar surface area (TPSA) is 79.7 Å². The van der Waals surface area contributed by atoms with Gasteiger partial charge in [0, 0.05) is 25.5 Å². The molecule has 2 aliphatic rings. The molecule has 1 atom stereocenters. The molecule has 27 heavy (non-hydrogen) atoms. The van der Waals surface area contributed by atoms with Gasteiger partial charge in [-0.05, 0) is 42.5 Å². The maximum Gasteiger partial charge on any atom is 0.305 e. The minimum atomic E-state index is -0.848. The minimum absolute atomic E-state index is 0.00554. The average Bonchev–Trinajstić information content (AvgIpc) is 2.68. The molecular formula is C21H22N2O4. The molecule has 1 spiro atoms. The first-order valence-electron chi connectivity index (χ1n) is 9.25. The Balaban J connectivity index is 1.55. The molecule has 1 saturated heterocycles. The SMILES string of the molecule is O=C(O)CC1Cc2ccccc2C2(CCN(C(=O)c3cccnc3)CC2)O1. The Bertz CT molecular complexity index is 844. The third kappa shape index (κ3) is 3.45. The van der Waals surface area contributed by atoms with Gasteiger partial charge in [-0.2, -0.15) is 0 Å². The van der Waals surface area contributed by atoms with Crippen LogP contribution in [0.4, 0.5) is 0 Å². The van der Waals surface area contributed by atoms with E-state index in [9.17, 15) is 14.7 Å². The summed E-state index contributed by atoms with van der Waals surface area (Å²) in [7, 11) is 0. The molecule has 2 aliphatic heterocycles. The molecule has 6 nitrogen and oxygen atoms in total. The second-order valence-electron chi connectivity index (χ2n) is 7.23. The number of likely N-dealkylation sites (tertiary alicyclic amines) is 1. The van der Waals surface area contributed by atoms with Crippen molar-refractivity contribution >= 4 is 11.9 Å². The van der Waals surface area contributed by atoms with E-state index in [4.69, 9.17) is 4.74 Å². The molecule has 1 amide bonds. The van der Waals surface area contributed by atoms with E-state index in [0.717, 1.165) is 11.1 Å². The van der Waals surface area contributed by atoms with E-state index in [1.165, 1.54) is 0 Å². The Hall–Kier alpha value is -2.73. The first-order valence-corrected chi connectivity index (χ1v) is 9.25. The molecule has 0 aliphatic carbocycles. The largest absolute Gasteiger partial charge is 0.481 e. The molecule has 0 saturated carbocycles. The summed E-state index contributed by atoms with van der Waals surface area (Å²) in [5.41, 5.74) is 2.37. The minimum Gasteiger partial charge on any atom is -0.481 e. The van der Waals surface area contributed by atoms with Crippen LogP contribution in [0.15, 0.2) is 48.8 Å². The lowest BCUT2D eigenvalue weighted by Gasteiger charge is -2.47. The molecular weight excluding hydrogens is 344 g/mol. The summed E-state index contributed by atoms with van der Waals surface area (Å²) in [6.07, 6.45) is 4.83. The summed E-state index contributed by atoms with van der Waals surface area (Å²) in [4.78, 5) is 29.8. The van der Waals surface area contributed by atoms with Crippen LogP contribution in [0.25, 0.3) is 0 Å². The Morgan fingerprint density at radius 2 is 1.96 bits per heavy atom. The highest BCUT2D eigenvalue weighted by atomic mass is 16.5. The van der Waals surface area contributed by atoms with Crippen LogP contribution in [0.2, 0.25) is 0 Å². The molecule has 1 N–H and O–H groups in total. The maximum absolute atomic E-state index is 12.7.